The fourth-order valence-electron chi connectivity index (χ4n) is 0.957. The van der Waals surface area contributed by atoms with Crippen molar-refractivity contribution < 1.29 is 9.90 Å². The predicted molar refractivity (Wildman–Crippen MR) is 48.7 cm³/mol. The smallest absolute Gasteiger partial charge is 0.246 e. The first-order valence-corrected chi connectivity index (χ1v) is 4.10. The van der Waals surface area contributed by atoms with E-state index in [1.165, 1.54) is 6.08 Å². The Balaban J connectivity index is 4.23. The largest absolute Gasteiger partial charge is 0.392 e. The Labute approximate surface area is 73.7 Å². The molecule has 0 saturated carbocycles. The summed E-state index contributed by atoms with van der Waals surface area (Å²) < 4.78 is 0. The average Bonchev–Trinajstić information content (AvgIpc) is 1.98. The first-order chi connectivity index (χ1) is 5.49. The van der Waals surface area contributed by atoms with Gasteiger partial charge in [-0.3, -0.25) is 4.79 Å². The van der Waals surface area contributed by atoms with Crippen molar-refractivity contribution in [2.24, 2.45) is 0 Å². The third kappa shape index (κ3) is 3.53. The highest BCUT2D eigenvalue weighted by Gasteiger charge is 2.15. The maximum Gasteiger partial charge on any atom is 0.246 e. The van der Waals surface area contributed by atoms with Crippen LogP contribution in [0, 0.1) is 0 Å². The maximum absolute atomic E-state index is 11.2. The average molecular weight is 171 g/mol. The first-order valence-electron chi connectivity index (χ1n) is 4.10. The van der Waals surface area contributed by atoms with E-state index >= 15 is 0 Å². The van der Waals surface area contributed by atoms with Crippen molar-refractivity contribution in [3.8, 4) is 0 Å². The van der Waals surface area contributed by atoms with Gasteiger partial charge in [-0.25, -0.2) is 0 Å². The number of aliphatic hydroxyl groups excluding tert-OH is 1. The van der Waals surface area contributed by atoms with E-state index in [2.05, 4.69) is 6.58 Å². The summed E-state index contributed by atoms with van der Waals surface area (Å²) in [5.41, 5.74) is 0. The van der Waals surface area contributed by atoms with Crippen LogP contribution in [0.15, 0.2) is 12.7 Å². The minimum Gasteiger partial charge on any atom is -0.392 e. The molecule has 70 valence electrons. The van der Waals surface area contributed by atoms with E-state index in [-0.39, 0.29) is 11.9 Å². The SMILES string of the molecule is C=CC(=O)N(CC(C)O)C(C)C. The van der Waals surface area contributed by atoms with Crippen LogP contribution < -0.4 is 0 Å². The number of amides is 1. The third-order valence-corrected chi connectivity index (χ3v) is 1.54. The molecule has 0 aromatic carbocycles. The molecule has 1 N–H and O–H groups in total. The van der Waals surface area contributed by atoms with Gasteiger partial charge in [0.05, 0.1) is 6.10 Å². The second-order valence-corrected chi connectivity index (χ2v) is 3.14. The first kappa shape index (κ1) is 11.2. The van der Waals surface area contributed by atoms with E-state index in [9.17, 15) is 4.79 Å². The Hall–Kier alpha value is -0.830. The summed E-state index contributed by atoms with van der Waals surface area (Å²) >= 11 is 0. The lowest BCUT2D eigenvalue weighted by Crippen LogP contribution is -2.40. The zero-order chi connectivity index (χ0) is 9.72. The molecule has 12 heavy (non-hydrogen) atoms. The summed E-state index contributed by atoms with van der Waals surface area (Å²) in [5, 5.41) is 9.09. The predicted octanol–water partition coefficient (Wildman–Crippen LogP) is 0.790. The molecule has 1 atom stereocenters. The van der Waals surface area contributed by atoms with Gasteiger partial charge in [0.2, 0.25) is 5.91 Å². The van der Waals surface area contributed by atoms with Crippen molar-refractivity contribution >= 4 is 5.91 Å². The van der Waals surface area contributed by atoms with Gasteiger partial charge >= 0.3 is 0 Å². The number of rotatable bonds is 4. The van der Waals surface area contributed by atoms with E-state index in [0.29, 0.717) is 6.54 Å². The third-order valence-electron chi connectivity index (χ3n) is 1.54. The highest BCUT2D eigenvalue weighted by Crippen LogP contribution is 2.01. The fourth-order valence-corrected chi connectivity index (χ4v) is 0.957. The van der Waals surface area contributed by atoms with E-state index in [0.717, 1.165) is 0 Å². The van der Waals surface area contributed by atoms with Gasteiger partial charge in [0.25, 0.3) is 0 Å². The van der Waals surface area contributed by atoms with Crippen molar-refractivity contribution in [2.45, 2.75) is 32.9 Å². The number of carbonyl (C=O) groups excluding carboxylic acids is 1. The normalized spacial score (nSPS) is 12.8. The highest BCUT2D eigenvalue weighted by atomic mass is 16.3. The molecule has 0 aliphatic heterocycles. The van der Waals surface area contributed by atoms with Crippen molar-refractivity contribution in [3.63, 3.8) is 0 Å². The Morgan fingerprint density at radius 3 is 2.33 bits per heavy atom. The van der Waals surface area contributed by atoms with Crippen molar-refractivity contribution in [2.75, 3.05) is 6.54 Å². The van der Waals surface area contributed by atoms with Gasteiger partial charge < -0.3 is 10.0 Å². The molecular formula is C9H17NO2. The van der Waals surface area contributed by atoms with E-state index in [1.807, 2.05) is 13.8 Å². The molecule has 0 radical (unpaired) electrons. The topological polar surface area (TPSA) is 40.5 Å². The second-order valence-electron chi connectivity index (χ2n) is 3.14. The van der Waals surface area contributed by atoms with Gasteiger partial charge in [-0.1, -0.05) is 6.58 Å². The molecule has 0 heterocycles. The van der Waals surface area contributed by atoms with Crippen LogP contribution in [0.2, 0.25) is 0 Å². The molecule has 3 heteroatoms. The minimum absolute atomic E-state index is 0.102. The number of aliphatic hydroxyl groups is 1. The molecule has 0 bridgehead atoms. The Kier molecular flexibility index (Phi) is 4.59. The molecule has 0 spiro atoms. The number of hydrogen-bond donors (Lipinski definition) is 1. The van der Waals surface area contributed by atoms with Gasteiger partial charge in [0.1, 0.15) is 0 Å². The van der Waals surface area contributed by atoms with Crippen molar-refractivity contribution in [1.29, 1.82) is 0 Å². The summed E-state index contributed by atoms with van der Waals surface area (Å²) in [6.07, 6.45) is 0.777. The highest BCUT2D eigenvalue weighted by molar-refractivity contribution is 5.87. The monoisotopic (exact) mass is 171 g/mol. The molecule has 3 nitrogen and oxygen atoms in total. The minimum atomic E-state index is -0.490. The molecule has 0 rings (SSSR count). The van der Waals surface area contributed by atoms with E-state index < -0.39 is 6.10 Å². The van der Waals surface area contributed by atoms with Crippen LogP contribution in [0.3, 0.4) is 0 Å². The molecule has 0 aliphatic carbocycles. The zero-order valence-electron chi connectivity index (χ0n) is 7.95. The van der Waals surface area contributed by atoms with Crippen molar-refractivity contribution in [1.82, 2.24) is 4.90 Å². The van der Waals surface area contributed by atoms with E-state index in [4.69, 9.17) is 5.11 Å². The number of hydrogen-bond acceptors (Lipinski definition) is 2. The summed E-state index contributed by atoms with van der Waals surface area (Å²) in [5.74, 6) is -0.133. The zero-order valence-corrected chi connectivity index (χ0v) is 7.95. The standard InChI is InChI=1S/C9H17NO2/c1-5-9(12)10(7(2)3)6-8(4)11/h5,7-8,11H,1,6H2,2-4H3. The summed E-state index contributed by atoms with van der Waals surface area (Å²) in [7, 11) is 0. The van der Waals surface area contributed by atoms with Crippen LogP contribution in [0.1, 0.15) is 20.8 Å². The molecule has 1 amide bonds. The van der Waals surface area contributed by atoms with Gasteiger partial charge in [0.15, 0.2) is 0 Å². The molecule has 0 fully saturated rings. The molecule has 0 aliphatic rings. The molecule has 0 aromatic rings. The molecule has 1 unspecified atom stereocenters. The lowest BCUT2D eigenvalue weighted by molar-refractivity contribution is -0.129. The van der Waals surface area contributed by atoms with Crippen LogP contribution in [0.25, 0.3) is 0 Å². The quantitative estimate of drug-likeness (QED) is 0.635. The van der Waals surface area contributed by atoms with Gasteiger partial charge in [-0.05, 0) is 26.8 Å². The lowest BCUT2D eigenvalue weighted by atomic mass is 10.2. The van der Waals surface area contributed by atoms with Gasteiger partial charge in [-0.15, -0.1) is 0 Å². The Morgan fingerprint density at radius 1 is 1.58 bits per heavy atom. The Morgan fingerprint density at radius 2 is 2.08 bits per heavy atom. The van der Waals surface area contributed by atoms with Crippen LogP contribution >= 0.6 is 0 Å². The Bertz CT molecular complexity index is 164. The number of nitrogens with zero attached hydrogens (tertiary/aromatic N) is 1. The van der Waals surface area contributed by atoms with Crippen LogP contribution in [-0.2, 0) is 4.79 Å². The van der Waals surface area contributed by atoms with Gasteiger partial charge in [-0.2, -0.15) is 0 Å². The fraction of sp³-hybridized carbons (Fsp3) is 0.667. The lowest BCUT2D eigenvalue weighted by Gasteiger charge is -2.26. The second kappa shape index (κ2) is 4.93. The molecule has 0 aromatic heterocycles. The summed E-state index contributed by atoms with van der Waals surface area (Å²) in [6, 6.07) is 0.102. The molecule has 0 saturated heterocycles. The molecular weight excluding hydrogens is 154 g/mol. The maximum atomic E-state index is 11.2. The van der Waals surface area contributed by atoms with Crippen LogP contribution in [0.4, 0.5) is 0 Å². The van der Waals surface area contributed by atoms with Crippen molar-refractivity contribution in [3.05, 3.63) is 12.7 Å². The summed E-state index contributed by atoms with van der Waals surface area (Å²) in [6.45, 7) is 9.23. The number of carbonyl (C=O) groups is 1. The van der Waals surface area contributed by atoms with Crippen LogP contribution in [-0.4, -0.2) is 34.6 Å². The summed E-state index contributed by atoms with van der Waals surface area (Å²) in [4.78, 5) is 12.8. The van der Waals surface area contributed by atoms with E-state index in [1.54, 1.807) is 11.8 Å². The van der Waals surface area contributed by atoms with Crippen LogP contribution in [0.5, 0.6) is 0 Å². The van der Waals surface area contributed by atoms with Gasteiger partial charge in [0, 0.05) is 12.6 Å².